The van der Waals surface area contributed by atoms with Crippen molar-refractivity contribution in [1.82, 2.24) is 10.6 Å². The molecule has 0 unspecified atom stereocenters. The quantitative estimate of drug-likeness (QED) is 0.718. The number of hydrogen-bond acceptors (Lipinski definition) is 3. The molecule has 3 N–H and O–H groups in total. The van der Waals surface area contributed by atoms with Crippen molar-refractivity contribution < 1.29 is 9.59 Å². The van der Waals surface area contributed by atoms with Crippen LogP contribution in [0.3, 0.4) is 0 Å². The monoisotopic (exact) mass is 309 g/mol. The zero-order valence-electron chi connectivity index (χ0n) is 12.0. The van der Waals surface area contributed by atoms with E-state index >= 15 is 0 Å². The summed E-state index contributed by atoms with van der Waals surface area (Å²) >= 11 is 6.03. The highest BCUT2D eigenvalue weighted by Crippen LogP contribution is 2.27. The summed E-state index contributed by atoms with van der Waals surface area (Å²) < 4.78 is 0. The number of aryl methyl sites for hydroxylation is 1. The Morgan fingerprint density at radius 2 is 2.00 bits per heavy atom. The number of carbonyl (C=O) groups excluding carboxylic acids is 2. The Labute approximate surface area is 129 Å². The average molecular weight is 310 g/mol. The number of anilines is 1. The van der Waals surface area contributed by atoms with Gasteiger partial charge in [0.15, 0.2) is 0 Å². The predicted octanol–water partition coefficient (Wildman–Crippen LogP) is 1.70. The van der Waals surface area contributed by atoms with Gasteiger partial charge in [0.1, 0.15) is 0 Å². The largest absolute Gasteiger partial charge is 0.346 e. The van der Waals surface area contributed by atoms with Gasteiger partial charge < -0.3 is 16.0 Å². The maximum Gasteiger partial charge on any atom is 0.243 e. The van der Waals surface area contributed by atoms with Gasteiger partial charge in [0.2, 0.25) is 11.8 Å². The summed E-state index contributed by atoms with van der Waals surface area (Å²) in [6, 6.07) is 5.38. The van der Waals surface area contributed by atoms with E-state index in [0.29, 0.717) is 10.7 Å². The highest BCUT2D eigenvalue weighted by atomic mass is 35.5. The minimum absolute atomic E-state index is 0.0614. The first kappa shape index (κ1) is 15.8. The fourth-order valence-corrected chi connectivity index (χ4v) is 2.15. The number of carbonyl (C=O) groups is 2. The van der Waals surface area contributed by atoms with E-state index in [9.17, 15) is 9.59 Å². The molecule has 1 aromatic carbocycles. The Kier molecular flexibility index (Phi) is 5.59. The molecule has 1 aromatic rings. The lowest BCUT2D eigenvalue weighted by molar-refractivity contribution is -0.123. The predicted molar refractivity (Wildman–Crippen MR) is 83.4 cm³/mol. The van der Waals surface area contributed by atoms with E-state index in [2.05, 4.69) is 16.0 Å². The molecule has 0 aliphatic heterocycles. The molecule has 21 heavy (non-hydrogen) atoms. The topological polar surface area (TPSA) is 70.2 Å². The standard InChI is InChI=1S/C15H20ClN3O2/c1-10-2-5-13(12(16)6-10)19-15(21)9-18-14(20)8-17-7-11-3-4-11/h2,5-6,11,17H,3-4,7-9H2,1H3,(H,18,20)(H,19,21). The lowest BCUT2D eigenvalue weighted by atomic mass is 10.2. The van der Waals surface area contributed by atoms with Crippen molar-refractivity contribution >= 4 is 29.1 Å². The first-order valence-electron chi connectivity index (χ1n) is 7.08. The van der Waals surface area contributed by atoms with Crippen LogP contribution in [-0.4, -0.2) is 31.4 Å². The summed E-state index contributed by atoms with van der Waals surface area (Å²) in [5.41, 5.74) is 1.57. The summed E-state index contributed by atoms with van der Waals surface area (Å²) in [5, 5.41) is 8.80. The fourth-order valence-electron chi connectivity index (χ4n) is 1.87. The average Bonchev–Trinajstić information content (AvgIpc) is 3.24. The molecule has 114 valence electrons. The molecular formula is C15H20ClN3O2. The molecule has 0 bridgehead atoms. The lowest BCUT2D eigenvalue weighted by Gasteiger charge is -2.09. The Morgan fingerprint density at radius 1 is 1.24 bits per heavy atom. The van der Waals surface area contributed by atoms with Crippen molar-refractivity contribution in [3.63, 3.8) is 0 Å². The summed E-state index contributed by atoms with van der Waals surface area (Å²) in [6.07, 6.45) is 2.49. The summed E-state index contributed by atoms with van der Waals surface area (Å²) in [6.45, 7) is 2.98. The first-order valence-corrected chi connectivity index (χ1v) is 7.46. The van der Waals surface area contributed by atoms with E-state index in [0.717, 1.165) is 18.0 Å². The lowest BCUT2D eigenvalue weighted by Crippen LogP contribution is -2.39. The summed E-state index contributed by atoms with van der Waals surface area (Å²) in [7, 11) is 0. The van der Waals surface area contributed by atoms with Crippen molar-refractivity contribution in [2.24, 2.45) is 5.92 Å². The van der Waals surface area contributed by atoms with E-state index in [1.54, 1.807) is 12.1 Å². The van der Waals surface area contributed by atoms with Crippen LogP contribution in [0.15, 0.2) is 18.2 Å². The third-order valence-corrected chi connectivity index (χ3v) is 3.57. The number of rotatable bonds is 7. The second-order valence-electron chi connectivity index (χ2n) is 5.38. The Bertz CT molecular complexity index is 530. The first-order chi connectivity index (χ1) is 10.0. The molecule has 6 heteroatoms. The Morgan fingerprint density at radius 3 is 2.67 bits per heavy atom. The normalized spacial score (nSPS) is 13.8. The maximum atomic E-state index is 11.7. The molecule has 2 amide bonds. The van der Waals surface area contributed by atoms with Crippen LogP contribution >= 0.6 is 11.6 Å². The second-order valence-corrected chi connectivity index (χ2v) is 5.79. The highest BCUT2D eigenvalue weighted by Gasteiger charge is 2.20. The molecule has 0 aromatic heterocycles. The molecule has 0 radical (unpaired) electrons. The fraction of sp³-hybridized carbons (Fsp3) is 0.467. The molecule has 0 heterocycles. The van der Waals surface area contributed by atoms with E-state index in [-0.39, 0.29) is 24.9 Å². The molecule has 5 nitrogen and oxygen atoms in total. The maximum absolute atomic E-state index is 11.7. The second kappa shape index (κ2) is 7.43. The van der Waals surface area contributed by atoms with Gasteiger partial charge in [-0.05, 0) is 49.9 Å². The molecular weight excluding hydrogens is 290 g/mol. The molecule has 0 saturated heterocycles. The van der Waals surface area contributed by atoms with Gasteiger partial charge in [-0.2, -0.15) is 0 Å². The van der Waals surface area contributed by atoms with Crippen molar-refractivity contribution in [3.05, 3.63) is 28.8 Å². The summed E-state index contributed by atoms with van der Waals surface area (Å²) in [4.78, 5) is 23.3. The minimum Gasteiger partial charge on any atom is -0.346 e. The smallest absolute Gasteiger partial charge is 0.243 e. The van der Waals surface area contributed by atoms with Gasteiger partial charge in [-0.3, -0.25) is 9.59 Å². The molecule has 0 atom stereocenters. The van der Waals surface area contributed by atoms with Gasteiger partial charge in [0.25, 0.3) is 0 Å². The minimum atomic E-state index is -0.295. The number of halogens is 1. The van der Waals surface area contributed by atoms with Crippen LogP contribution in [0.4, 0.5) is 5.69 Å². The zero-order chi connectivity index (χ0) is 15.2. The molecule has 1 aliphatic carbocycles. The number of nitrogens with one attached hydrogen (secondary N) is 3. The molecule has 1 saturated carbocycles. The van der Waals surface area contributed by atoms with Gasteiger partial charge in [-0.15, -0.1) is 0 Å². The third-order valence-electron chi connectivity index (χ3n) is 3.26. The summed E-state index contributed by atoms with van der Waals surface area (Å²) in [5.74, 6) is 0.252. The van der Waals surface area contributed by atoms with Crippen LogP contribution in [-0.2, 0) is 9.59 Å². The number of amides is 2. The van der Waals surface area contributed by atoms with Crippen LogP contribution < -0.4 is 16.0 Å². The highest BCUT2D eigenvalue weighted by molar-refractivity contribution is 6.33. The number of benzene rings is 1. The van der Waals surface area contributed by atoms with Crippen molar-refractivity contribution in [1.29, 1.82) is 0 Å². The van der Waals surface area contributed by atoms with E-state index in [1.165, 1.54) is 12.8 Å². The van der Waals surface area contributed by atoms with E-state index < -0.39 is 0 Å². The molecule has 1 aliphatic rings. The van der Waals surface area contributed by atoms with Crippen LogP contribution in [0.5, 0.6) is 0 Å². The van der Waals surface area contributed by atoms with Crippen LogP contribution in [0.2, 0.25) is 5.02 Å². The Balaban J connectivity index is 1.67. The van der Waals surface area contributed by atoms with Gasteiger partial charge in [0.05, 0.1) is 23.8 Å². The van der Waals surface area contributed by atoms with Crippen LogP contribution in [0.25, 0.3) is 0 Å². The van der Waals surface area contributed by atoms with E-state index in [1.807, 2.05) is 13.0 Å². The van der Waals surface area contributed by atoms with Gasteiger partial charge in [-0.25, -0.2) is 0 Å². The van der Waals surface area contributed by atoms with E-state index in [4.69, 9.17) is 11.6 Å². The van der Waals surface area contributed by atoms with Gasteiger partial charge >= 0.3 is 0 Å². The van der Waals surface area contributed by atoms with Crippen LogP contribution in [0.1, 0.15) is 18.4 Å². The molecule has 2 rings (SSSR count). The molecule has 1 fully saturated rings. The number of hydrogen-bond donors (Lipinski definition) is 3. The van der Waals surface area contributed by atoms with Gasteiger partial charge in [0, 0.05) is 0 Å². The van der Waals surface area contributed by atoms with Crippen LogP contribution in [0, 0.1) is 12.8 Å². The van der Waals surface area contributed by atoms with Crippen molar-refractivity contribution in [2.45, 2.75) is 19.8 Å². The van der Waals surface area contributed by atoms with Gasteiger partial charge in [-0.1, -0.05) is 17.7 Å². The van der Waals surface area contributed by atoms with Crippen molar-refractivity contribution in [3.8, 4) is 0 Å². The zero-order valence-corrected chi connectivity index (χ0v) is 12.8. The SMILES string of the molecule is Cc1ccc(NC(=O)CNC(=O)CNCC2CC2)c(Cl)c1. The van der Waals surface area contributed by atoms with Crippen molar-refractivity contribution in [2.75, 3.05) is 25.0 Å². The molecule has 0 spiro atoms. The third kappa shape index (κ3) is 5.73. The Hall–Kier alpha value is -1.59.